The molecule has 2 atom stereocenters. The summed E-state index contributed by atoms with van der Waals surface area (Å²) in [6, 6.07) is 3.96. The maximum Gasteiger partial charge on any atom is 0.220 e. The molecule has 7 heteroatoms. The Balaban J connectivity index is 1.89. The standard InChI is InChI=1S/C17H20N6O/c1-10(24)13-3-2-8-23(13)14-5-7-19-16-15(14)11(9-21-16)12-4-6-20-17(18)22-12/h4-7,9-10,13,24H,2-3,8H2,1H3,(H,19,21)(H2,18,20,22)/t10-,13+/m1/s1. The number of anilines is 2. The van der Waals surface area contributed by atoms with Gasteiger partial charge in [0.1, 0.15) is 5.65 Å². The number of pyridine rings is 1. The summed E-state index contributed by atoms with van der Waals surface area (Å²) in [5.41, 5.74) is 9.31. The largest absolute Gasteiger partial charge is 0.391 e. The average molecular weight is 324 g/mol. The van der Waals surface area contributed by atoms with Crippen LogP contribution in [0.2, 0.25) is 0 Å². The Labute approximate surface area is 139 Å². The Bertz CT molecular complexity index is 874. The fourth-order valence-corrected chi connectivity index (χ4v) is 3.60. The number of H-pyrrole nitrogens is 1. The van der Waals surface area contributed by atoms with Crippen molar-refractivity contribution in [1.29, 1.82) is 0 Å². The number of hydrogen-bond donors (Lipinski definition) is 3. The zero-order valence-corrected chi connectivity index (χ0v) is 13.5. The van der Waals surface area contributed by atoms with Gasteiger partial charge in [-0.1, -0.05) is 0 Å². The van der Waals surface area contributed by atoms with Gasteiger partial charge in [0.15, 0.2) is 0 Å². The van der Waals surface area contributed by atoms with E-state index in [0.29, 0.717) is 0 Å². The van der Waals surface area contributed by atoms with E-state index < -0.39 is 0 Å². The zero-order chi connectivity index (χ0) is 16.7. The van der Waals surface area contributed by atoms with Crippen LogP contribution in [0.4, 0.5) is 11.6 Å². The lowest BCUT2D eigenvalue weighted by atomic mass is 10.1. The molecular weight excluding hydrogens is 304 g/mol. The van der Waals surface area contributed by atoms with Crippen LogP contribution in [0.15, 0.2) is 30.7 Å². The molecule has 0 unspecified atom stereocenters. The van der Waals surface area contributed by atoms with Gasteiger partial charge in [-0.25, -0.2) is 15.0 Å². The molecule has 0 saturated carbocycles. The van der Waals surface area contributed by atoms with Gasteiger partial charge in [0.2, 0.25) is 5.95 Å². The molecule has 4 heterocycles. The normalized spacial score (nSPS) is 19.1. The lowest BCUT2D eigenvalue weighted by molar-refractivity contribution is 0.164. The third kappa shape index (κ3) is 2.37. The SMILES string of the molecule is C[C@@H](O)[C@@H]1CCCN1c1ccnc2[nH]cc(-c3ccnc(N)n3)c12. The second kappa shape index (κ2) is 5.76. The average Bonchev–Trinajstić information content (AvgIpc) is 3.21. The maximum atomic E-state index is 10.1. The Morgan fingerprint density at radius 1 is 1.33 bits per heavy atom. The van der Waals surface area contributed by atoms with E-state index in [9.17, 15) is 5.11 Å². The summed E-state index contributed by atoms with van der Waals surface area (Å²) < 4.78 is 0. The molecule has 1 saturated heterocycles. The van der Waals surface area contributed by atoms with Gasteiger partial charge in [0, 0.05) is 30.7 Å². The van der Waals surface area contributed by atoms with Crippen LogP contribution in [-0.2, 0) is 0 Å². The molecule has 1 aliphatic rings. The van der Waals surface area contributed by atoms with Gasteiger partial charge in [-0.2, -0.15) is 0 Å². The van der Waals surface area contributed by atoms with E-state index in [2.05, 4.69) is 24.8 Å². The maximum absolute atomic E-state index is 10.1. The molecule has 0 spiro atoms. The van der Waals surface area contributed by atoms with Crippen LogP contribution >= 0.6 is 0 Å². The van der Waals surface area contributed by atoms with Crippen molar-refractivity contribution in [3.8, 4) is 11.3 Å². The van der Waals surface area contributed by atoms with Gasteiger partial charge in [-0.3, -0.25) is 0 Å². The molecule has 0 radical (unpaired) electrons. The minimum absolute atomic E-state index is 0.119. The molecule has 4 rings (SSSR count). The topological polar surface area (TPSA) is 104 Å². The predicted molar refractivity (Wildman–Crippen MR) is 93.6 cm³/mol. The second-order valence-corrected chi connectivity index (χ2v) is 6.20. The van der Waals surface area contributed by atoms with Gasteiger partial charge >= 0.3 is 0 Å². The molecule has 4 N–H and O–H groups in total. The number of nitrogens with zero attached hydrogens (tertiary/aromatic N) is 4. The highest BCUT2D eigenvalue weighted by Crippen LogP contribution is 2.37. The molecule has 0 aliphatic carbocycles. The monoisotopic (exact) mass is 324 g/mol. The van der Waals surface area contributed by atoms with Gasteiger partial charge in [0.05, 0.1) is 28.9 Å². The van der Waals surface area contributed by atoms with Crippen LogP contribution in [0, 0.1) is 0 Å². The Kier molecular flexibility index (Phi) is 3.57. The fourth-order valence-electron chi connectivity index (χ4n) is 3.60. The number of rotatable bonds is 3. The molecule has 1 aliphatic heterocycles. The third-order valence-electron chi connectivity index (χ3n) is 4.67. The van der Waals surface area contributed by atoms with Crippen molar-refractivity contribution in [2.45, 2.75) is 31.9 Å². The van der Waals surface area contributed by atoms with Crippen molar-refractivity contribution in [1.82, 2.24) is 19.9 Å². The highest BCUT2D eigenvalue weighted by Gasteiger charge is 2.30. The first kappa shape index (κ1) is 14.9. The Morgan fingerprint density at radius 3 is 2.96 bits per heavy atom. The Morgan fingerprint density at radius 2 is 2.17 bits per heavy atom. The quantitative estimate of drug-likeness (QED) is 0.680. The van der Waals surface area contributed by atoms with Gasteiger partial charge in [-0.15, -0.1) is 0 Å². The van der Waals surface area contributed by atoms with E-state index in [1.54, 1.807) is 12.4 Å². The van der Waals surface area contributed by atoms with Crippen LogP contribution in [0.5, 0.6) is 0 Å². The summed E-state index contributed by atoms with van der Waals surface area (Å²) >= 11 is 0. The number of fused-ring (bicyclic) bond motifs is 1. The first-order valence-corrected chi connectivity index (χ1v) is 8.15. The molecule has 1 fully saturated rings. The van der Waals surface area contributed by atoms with Crippen LogP contribution in [-0.4, -0.2) is 43.7 Å². The van der Waals surface area contributed by atoms with Crippen molar-refractivity contribution < 1.29 is 5.11 Å². The van der Waals surface area contributed by atoms with Crippen LogP contribution in [0.25, 0.3) is 22.3 Å². The molecule has 3 aromatic rings. The van der Waals surface area contributed by atoms with Gasteiger partial charge in [-0.05, 0) is 31.9 Å². The summed E-state index contributed by atoms with van der Waals surface area (Å²) in [6.45, 7) is 2.77. The molecule has 7 nitrogen and oxygen atoms in total. The van der Waals surface area contributed by atoms with Crippen molar-refractivity contribution >= 4 is 22.7 Å². The van der Waals surface area contributed by atoms with E-state index in [4.69, 9.17) is 5.73 Å². The Hall–Kier alpha value is -2.67. The summed E-state index contributed by atoms with van der Waals surface area (Å²) in [7, 11) is 0. The summed E-state index contributed by atoms with van der Waals surface area (Å²) in [5.74, 6) is 0.246. The summed E-state index contributed by atoms with van der Waals surface area (Å²) in [4.78, 5) is 18.2. The lowest BCUT2D eigenvalue weighted by Gasteiger charge is -2.29. The molecule has 0 amide bonds. The van der Waals surface area contributed by atoms with Crippen molar-refractivity contribution in [3.05, 3.63) is 30.7 Å². The predicted octanol–water partition coefficient (Wildman–Crippen LogP) is 1.95. The first-order chi connectivity index (χ1) is 11.6. The molecule has 0 bridgehead atoms. The lowest BCUT2D eigenvalue weighted by Crippen LogP contribution is -2.37. The van der Waals surface area contributed by atoms with E-state index in [1.165, 1.54) is 0 Å². The number of nitrogens with one attached hydrogen (secondary N) is 1. The van der Waals surface area contributed by atoms with Crippen LogP contribution in [0.1, 0.15) is 19.8 Å². The van der Waals surface area contributed by atoms with Crippen molar-refractivity contribution in [3.63, 3.8) is 0 Å². The number of aromatic amines is 1. The third-order valence-corrected chi connectivity index (χ3v) is 4.67. The van der Waals surface area contributed by atoms with Crippen LogP contribution in [0.3, 0.4) is 0 Å². The van der Waals surface area contributed by atoms with Crippen LogP contribution < -0.4 is 10.6 Å². The number of nitrogens with two attached hydrogens (primary N) is 1. The molecule has 24 heavy (non-hydrogen) atoms. The number of aliphatic hydroxyl groups is 1. The fraction of sp³-hybridized carbons (Fsp3) is 0.353. The highest BCUT2D eigenvalue weighted by molar-refractivity contribution is 6.02. The van der Waals surface area contributed by atoms with Crippen molar-refractivity contribution in [2.24, 2.45) is 0 Å². The molecular formula is C17H20N6O. The zero-order valence-electron chi connectivity index (χ0n) is 13.5. The van der Waals surface area contributed by atoms with Crippen molar-refractivity contribution in [2.75, 3.05) is 17.2 Å². The second-order valence-electron chi connectivity index (χ2n) is 6.20. The smallest absolute Gasteiger partial charge is 0.220 e. The molecule has 0 aromatic carbocycles. The minimum atomic E-state index is -0.382. The number of aromatic nitrogens is 4. The van der Waals surface area contributed by atoms with E-state index in [1.807, 2.05) is 25.3 Å². The summed E-state index contributed by atoms with van der Waals surface area (Å²) in [6.07, 6.45) is 7.02. The number of nitrogen functional groups attached to an aromatic ring is 1. The van der Waals surface area contributed by atoms with E-state index in [-0.39, 0.29) is 18.1 Å². The minimum Gasteiger partial charge on any atom is -0.391 e. The van der Waals surface area contributed by atoms with Gasteiger partial charge < -0.3 is 20.7 Å². The van der Waals surface area contributed by atoms with Gasteiger partial charge in [0.25, 0.3) is 0 Å². The number of hydrogen-bond acceptors (Lipinski definition) is 6. The van der Waals surface area contributed by atoms with E-state index in [0.717, 1.165) is 47.4 Å². The molecule has 124 valence electrons. The summed E-state index contributed by atoms with van der Waals surface area (Å²) in [5, 5.41) is 11.1. The number of aliphatic hydroxyl groups excluding tert-OH is 1. The van der Waals surface area contributed by atoms with E-state index >= 15 is 0 Å². The first-order valence-electron chi connectivity index (χ1n) is 8.15. The highest BCUT2D eigenvalue weighted by atomic mass is 16.3. The molecule has 3 aromatic heterocycles.